The van der Waals surface area contributed by atoms with Crippen LogP contribution in [0.4, 0.5) is 5.13 Å². The largest absolute Gasteiger partial charge is 0.494 e. The molecule has 2 aromatic carbocycles. The predicted octanol–water partition coefficient (Wildman–Crippen LogP) is 5.90. The zero-order valence-corrected chi connectivity index (χ0v) is 16.4. The molecule has 0 unspecified atom stereocenters. The molecule has 138 valence electrons. The maximum atomic E-state index is 12.1. The molecule has 1 aromatic heterocycles. The van der Waals surface area contributed by atoms with Crippen molar-refractivity contribution in [2.75, 3.05) is 11.9 Å². The topological polar surface area (TPSA) is 51.2 Å². The van der Waals surface area contributed by atoms with E-state index in [9.17, 15) is 4.79 Å². The van der Waals surface area contributed by atoms with Crippen molar-refractivity contribution in [2.45, 2.75) is 13.3 Å². The molecule has 0 atom stereocenters. The number of carbonyl (C=O) groups is 1. The second kappa shape index (κ2) is 9.35. The van der Waals surface area contributed by atoms with Gasteiger partial charge in [0.15, 0.2) is 5.13 Å². The smallest absolute Gasteiger partial charge is 0.250 e. The summed E-state index contributed by atoms with van der Waals surface area (Å²) in [5, 5.41) is 5.92. The summed E-state index contributed by atoms with van der Waals surface area (Å²) >= 11 is 7.28. The van der Waals surface area contributed by atoms with Gasteiger partial charge in [-0.05, 0) is 42.3 Å². The van der Waals surface area contributed by atoms with E-state index in [2.05, 4.69) is 17.2 Å². The number of benzene rings is 2. The van der Waals surface area contributed by atoms with E-state index in [0.717, 1.165) is 29.0 Å². The first kappa shape index (κ1) is 19.1. The number of rotatable bonds is 7. The Morgan fingerprint density at radius 2 is 1.93 bits per heavy atom. The van der Waals surface area contributed by atoms with E-state index in [1.807, 2.05) is 53.9 Å². The monoisotopic (exact) mass is 398 g/mol. The van der Waals surface area contributed by atoms with Crippen LogP contribution >= 0.6 is 22.9 Å². The second-order valence-electron chi connectivity index (χ2n) is 5.78. The van der Waals surface area contributed by atoms with E-state index in [-0.39, 0.29) is 5.91 Å². The van der Waals surface area contributed by atoms with E-state index in [4.69, 9.17) is 16.3 Å². The summed E-state index contributed by atoms with van der Waals surface area (Å²) in [6.07, 6.45) is 4.22. The Morgan fingerprint density at radius 1 is 1.19 bits per heavy atom. The Morgan fingerprint density at radius 3 is 2.63 bits per heavy atom. The number of thiazole rings is 1. The molecule has 1 N–H and O–H groups in total. The lowest BCUT2D eigenvalue weighted by atomic mass is 10.2. The van der Waals surface area contributed by atoms with Crippen LogP contribution in [0.25, 0.3) is 17.3 Å². The average molecular weight is 399 g/mol. The van der Waals surface area contributed by atoms with E-state index in [0.29, 0.717) is 16.8 Å². The van der Waals surface area contributed by atoms with Crippen molar-refractivity contribution in [3.8, 4) is 17.0 Å². The molecule has 3 aromatic rings. The molecule has 0 radical (unpaired) electrons. The molecule has 0 spiro atoms. The van der Waals surface area contributed by atoms with Crippen molar-refractivity contribution in [3.63, 3.8) is 0 Å². The van der Waals surface area contributed by atoms with Gasteiger partial charge in [0.25, 0.3) is 0 Å². The summed E-state index contributed by atoms with van der Waals surface area (Å²) in [6, 6.07) is 15.0. The minimum Gasteiger partial charge on any atom is -0.494 e. The van der Waals surface area contributed by atoms with Crippen molar-refractivity contribution in [1.29, 1.82) is 0 Å². The highest BCUT2D eigenvalue weighted by Crippen LogP contribution is 2.26. The highest BCUT2D eigenvalue weighted by molar-refractivity contribution is 7.14. The number of carbonyl (C=O) groups excluding carboxylic acids is 1. The lowest BCUT2D eigenvalue weighted by Crippen LogP contribution is -2.07. The van der Waals surface area contributed by atoms with Gasteiger partial charge in [-0.3, -0.25) is 10.1 Å². The van der Waals surface area contributed by atoms with Crippen LogP contribution in [0.1, 0.15) is 18.9 Å². The summed E-state index contributed by atoms with van der Waals surface area (Å²) in [4.78, 5) is 16.5. The molecule has 0 bridgehead atoms. The minimum atomic E-state index is -0.224. The first-order valence-corrected chi connectivity index (χ1v) is 9.83. The molecule has 4 nitrogen and oxygen atoms in total. The van der Waals surface area contributed by atoms with Crippen molar-refractivity contribution in [2.24, 2.45) is 0 Å². The molecule has 3 rings (SSSR count). The molecule has 0 aliphatic carbocycles. The summed E-state index contributed by atoms with van der Waals surface area (Å²) in [6.45, 7) is 2.76. The van der Waals surface area contributed by atoms with Gasteiger partial charge in [0, 0.05) is 22.0 Å². The van der Waals surface area contributed by atoms with Crippen LogP contribution in [0.5, 0.6) is 5.75 Å². The van der Waals surface area contributed by atoms with Gasteiger partial charge in [-0.1, -0.05) is 42.8 Å². The standard InChI is InChI=1S/C21H19ClN2O2S/c1-2-13-26-18-10-3-15(4-11-18)5-12-20(25)24-21-23-19(14-27-21)16-6-8-17(22)9-7-16/h3-12,14H,2,13H2,1H3,(H,23,24,25). The number of halogens is 1. The molecule has 0 saturated heterocycles. The van der Waals surface area contributed by atoms with Gasteiger partial charge >= 0.3 is 0 Å². The number of aromatic nitrogens is 1. The van der Waals surface area contributed by atoms with Gasteiger partial charge in [0.2, 0.25) is 5.91 Å². The second-order valence-corrected chi connectivity index (χ2v) is 7.08. The molecule has 0 aliphatic heterocycles. The number of nitrogens with one attached hydrogen (secondary N) is 1. The zero-order chi connectivity index (χ0) is 19.1. The Balaban J connectivity index is 1.57. The van der Waals surface area contributed by atoms with Crippen LogP contribution in [-0.4, -0.2) is 17.5 Å². The Bertz CT molecular complexity index is 918. The van der Waals surface area contributed by atoms with Crippen LogP contribution < -0.4 is 10.1 Å². The Kier molecular flexibility index (Phi) is 6.63. The summed E-state index contributed by atoms with van der Waals surface area (Å²) in [5.74, 6) is 0.606. The lowest BCUT2D eigenvalue weighted by Gasteiger charge is -2.04. The molecule has 0 fully saturated rings. The molecule has 0 saturated carbocycles. The van der Waals surface area contributed by atoms with Crippen molar-refractivity contribution in [1.82, 2.24) is 4.98 Å². The maximum absolute atomic E-state index is 12.1. The highest BCUT2D eigenvalue weighted by atomic mass is 35.5. The molecular formula is C21H19ClN2O2S. The molecular weight excluding hydrogens is 380 g/mol. The first-order chi connectivity index (χ1) is 13.1. The van der Waals surface area contributed by atoms with Gasteiger partial charge in [0.05, 0.1) is 12.3 Å². The number of hydrogen-bond donors (Lipinski definition) is 1. The number of anilines is 1. The molecule has 6 heteroatoms. The summed E-state index contributed by atoms with van der Waals surface area (Å²) < 4.78 is 5.54. The fourth-order valence-corrected chi connectivity index (χ4v) is 3.15. The third-order valence-electron chi connectivity index (χ3n) is 3.65. The first-order valence-electron chi connectivity index (χ1n) is 8.57. The van der Waals surface area contributed by atoms with E-state index < -0.39 is 0 Å². The third-order valence-corrected chi connectivity index (χ3v) is 4.66. The van der Waals surface area contributed by atoms with Crippen molar-refractivity contribution >= 4 is 40.1 Å². The Labute approximate surface area is 167 Å². The fourth-order valence-electron chi connectivity index (χ4n) is 2.30. The van der Waals surface area contributed by atoms with Crippen molar-refractivity contribution < 1.29 is 9.53 Å². The molecule has 1 amide bonds. The highest BCUT2D eigenvalue weighted by Gasteiger charge is 2.06. The predicted molar refractivity (Wildman–Crippen MR) is 112 cm³/mol. The van der Waals surface area contributed by atoms with Crippen LogP contribution in [-0.2, 0) is 4.79 Å². The van der Waals surface area contributed by atoms with Gasteiger partial charge in [-0.25, -0.2) is 4.98 Å². The van der Waals surface area contributed by atoms with Crippen LogP contribution in [0.3, 0.4) is 0 Å². The number of nitrogens with zero attached hydrogens (tertiary/aromatic N) is 1. The van der Waals surface area contributed by atoms with Crippen molar-refractivity contribution in [3.05, 3.63) is 70.6 Å². The molecule has 0 aliphatic rings. The SMILES string of the molecule is CCCOc1ccc(C=CC(=O)Nc2nc(-c3ccc(Cl)cc3)cs2)cc1. The van der Waals surface area contributed by atoms with Crippen LogP contribution in [0.15, 0.2) is 60.0 Å². The zero-order valence-electron chi connectivity index (χ0n) is 14.8. The number of ether oxygens (including phenoxy) is 1. The van der Waals surface area contributed by atoms with E-state index >= 15 is 0 Å². The lowest BCUT2D eigenvalue weighted by molar-refractivity contribution is -0.111. The van der Waals surface area contributed by atoms with Gasteiger partial charge in [-0.15, -0.1) is 11.3 Å². The van der Waals surface area contributed by atoms with E-state index in [1.54, 1.807) is 6.08 Å². The minimum absolute atomic E-state index is 0.224. The summed E-state index contributed by atoms with van der Waals surface area (Å²) in [7, 11) is 0. The van der Waals surface area contributed by atoms with E-state index in [1.165, 1.54) is 17.4 Å². The third kappa shape index (κ3) is 5.67. The van der Waals surface area contributed by atoms with Gasteiger partial charge in [0.1, 0.15) is 5.75 Å². The number of hydrogen-bond acceptors (Lipinski definition) is 4. The average Bonchev–Trinajstić information content (AvgIpc) is 3.14. The number of amides is 1. The van der Waals surface area contributed by atoms with Crippen LogP contribution in [0, 0.1) is 0 Å². The van der Waals surface area contributed by atoms with Gasteiger partial charge in [-0.2, -0.15) is 0 Å². The molecule has 27 heavy (non-hydrogen) atoms. The Hall–Kier alpha value is -2.63. The normalized spacial score (nSPS) is 10.9. The molecule has 1 heterocycles. The maximum Gasteiger partial charge on any atom is 0.250 e. The fraction of sp³-hybridized carbons (Fsp3) is 0.143. The summed E-state index contributed by atoms with van der Waals surface area (Å²) in [5.41, 5.74) is 2.69. The quantitative estimate of drug-likeness (QED) is 0.504. The van der Waals surface area contributed by atoms with Crippen LogP contribution in [0.2, 0.25) is 5.02 Å². The van der Waals surface area contributed by atoms with Gasteiger partial charge < -0.3 is 4.74 Å².